The first-order valence-electron chi connectivity index (χ1n) is 9.82. The number of nitrogen functional groups attached to an aromatic ring is 2. The van der Waals surface area contributed by atoms with Crippen molar-refractivity contribution in [2.45, 2.75) is 6.54 Å². The summed E-state index contributed by atoms with van der Waals surface area (Å²) in [6.45, 7) is 5.34. The molecule has 0 aliphatic heterocycles. The lowest BCUT2D eigenvalue weighted by Gasteiger charge is -2.08. The second kappa shape index (κ2) is 7.82. The van der Waals surface area contributed by atoms with E-state index in [0.29, 0.717) is 5.82 Å². The number of nitrogens with zero attached hydrogens (tertiary/aromatic N) is 3. The van der Waals surface area contributed by atoms with Gasteiger partial charge in [-0.1, -0.05) is 12.1 Å². The molecule has 154 valence electrons. The van der Waals surface area contributed by atoms with Gasteiger partial charge in [0.2, 0.25) is 5.95 Å². The minimum atomic E-state index is 0.161. The van der Waals surface area contributed by atoms with Gasteiger partial charge in [-0.3, -0.25) is 5.10 Å². The smallest absolute Gasteiger partial charge is 0.221 e. The summed E-state index contributed by atoms with van der Waals surface area (Å²) in [6.07, 6.45) is 5.34. The van der Waals surface area contributed by atoms with Gasteiger partial charge in [0.1, 0.15) is 5.82 Å². The molecule has 0 atom stereocenters. The summed E-state index contributed by atoms with van der Waals surface area (Å²) in [6, 6.07) is 12.9. The Labute approximate surface area is 182 Å². The Morgan fingerprint density at radius 3 is 2.81 bits per heavy atom. The fourth-order valence-corrected chi connectivity index (χ4v) is 4.76. The Morgan fingerprint density at radius 2 is 1.97 bits per heavy atom. The van der Waals surface area contributed by atoms with E-state index in [1.165, 1.54) is 15.6 Å². The predicted octanol–water partition coefficient (Wildman–Crippen LogP) is 4.34. The number of fused-ring (bicyclic) bond motifs is 2. The number of benzene rings is 2. The summed E-state index contributed by atoms with van der Waals surface area (Å²) >= 11 is 1.75. The van der Waals surface area contributed by atoms with E-state index >= 15 is 0 Å². The summed E-state index contributed by atoms with van der Waals surface area (Å²) in [5.74, 6) is 0.517. The van der Waals surface area contributed by atoms with Crippen LogP contribution in [0.1, 0.15) is 5.56 Å². The average Bonchev–Trinajstić information content (AvgIpc) is 3.39. The average molecular weight is 428 g/mol. The molecule has 5 rings (SSSR count). The third kappa shape index (κ3) is 3.63. The topological polar surface area (TPSA) is 119 Å². The molecule has 0 fully saturated rings. The maximum Gasteiger partial charge on any atom is 0.221 e. The molecule has 6 N–H and O–H groups in total. The van der Waals surface area contributed by atoms with Crippen LogP contribution in [0.5, 0.6) is 0 Å². The molecule has 0 aliphatic rings. The third-order valence-corrected chi connectivity index (χ3v) is 6.31. The van der Waals surface area contributed by atoms with Crippen molar-refractivity contribution in [1.82, 2.24) is 25.5 Å². The molecule has 0 bridgehead atoms. The normalized spacial score (nSPS) is 11.4. The summed E-state index contributed by atoms with van der Waals surface area (Å²) in [4.78, 5) is 9.37. The third-order valence-electron chi connectivity index (χ3n) is 5.16. The molecule has 0 saturated heterocycles. The van der Waals surface area contributed by atoms with Gasteiger partial charge in [-0.2, -0.15) is 10.1 Å². The Balaban J connectivity index is 1.61. The van der Waals surface area contributed by atoms with Crippen molar-refractivity contribution in [3.05, 3.63) is 67.0 Å². The number of nitrogens with one attached hydrogen (secondary N) is 2. The van der Waals surface area contributed by atoms with E-state index in [1.807, 2.05) is 18.3 Å². The lowest BCUT2D eigenvalue weighted by molar-refractivity contribution is 0.761. The summed E-state index contributed by atoms with van der Waals surface area (Å²) in [5.41, 5.74) is 16.8. The van der Waals surface area contributed by atoms with Crippen LogP contribution in [0, 0.1) is 0 Å². The second-order valence-corrected chi connectivity index (χ2v) is 8.37. The van der Waals surface area contributed by atoms with Crippen LogP contribution in [0.15, 0.2) is 61.4 Å². The van der Waals surface area contributed by atoms with Crippen LogP contribution in [-0.4, -0.2) is 26.7 Å². The number of aromatic nitrogens is 4. The largest absolute Gasteiger partial charge is 0.383 e. The lowest BCUT2D eigenvalue weighted by Crippen LogP contribution is -2.12. The molecule has 0 saturated carbocycles. The number of aromatic amines is 1. The van der Waals surface area contributed by atoms with Crippen molar-refractivity contribution in [2.75, 3.05) is 18.0 Å². The number of anilines is 2. The fraction of sp³-hybridized carbons (Fsp3) is 0.0870. The molecular formula is C23H21N7S. The van der Waals surface area contributed by atoms with E-state index in [1.54, 1.807) is 17.5 Å². The zero-order valence-corrected chi connectivity index (χ0v) is 17.5. The zero-order valence-electron chi connectivity index (χ0n) is 16.7. The number of H-pyrrole nitrogens is 1. The Hall–Kier alpha value is -3.75. The monoisotopic (exact) mass is 427 g/mol. The Bertz CT molecular complexity index is 1420. The van der Waals surface area contributed by atoms with Crippen molar-refractivity contribution in [3.63, 3.8) is 0 Å². The molecule has 3 aromatic heterocycles. The highest BCUT2D eigenvalue weighted by molar-refractivity contribution is 7.22. The summed E-state index contributed by atoms with van der Waals surface area (Å²) < 4.78 is 1.23. The SMILES string of the molecule is C=CCNCc1ccc2sc(-c3cc(-c4cnc(N)nc4N)cc4cn[nH]c34)cc2c1. The van der Waals surface area contributed by atoms with Gasteiger partial charge in [0.15, 0.2) is 0 Å². The van der Waals surface area contributed by atoms with Gasteiger partial charge in [-0.15, -0.1) is 17.9 Å². The van der Waals surface area contributed by atoms with E-state index in [0.717, 1.165) is 45.6 Å². The van der Waals surface area contributed by atoms with E-state index in [4.69, 9.17) is 11.5 Å². The van der Waals surface area contributed by atoms with E-state index in [-0.39, 0.29) is 5.95 Å². The first-order valence-corrected chi connectivity index (χ1v) is 10.6. The molecule has 3 heterocycles. The molecule has 0 spiro atoms. The van der Waals surface area contributed by atoms with Gasteiger partial charge in [-0.05, 0) is 46.8 Å². The van der Waals surface area contributed by atoms with Crippen LogP contribution in [0.4, 0.5) is 11.8 Å². The number of hydrogen-bond acceptors (Lipinski definition) is 7. The van der Waals surface area contributed by atoms with E-state index in [9.17, 15) is 0 Å². The van der Waals surface area contributed by atoms with Gasteiger partial charge >= 0.3 is 0 Å². The highest BCUT2D eigenvalue weighted by Crippen LogP contribution is 2.40. The Morgan fingerprint density at radius 1 is 1.06 bits per heavy atom. The molecule has 5 aromatic rings. The fourth-order valence-electron chi connectivity index (χ4n) is 3.69. The van der Waals surface area contributed by atoms with Gasteiger partial charge < -0.3 is 16.8 Å². The van der Waals surface area contributed by atoms with Crippen LogP contribution < -0.4 is 16.8 Å². The standard InChI is InChI=1S/C23H21N7S/c1-2-5-26-10-13-3-4-19-15(6-13)9-20(31-19)17-8-14(7-16-11-28-30-21(16)17)18-12-27-23(25)29-22(18)24/h2-4,6-9,11-12,26H,1,5,10H2,(H,28,30)(H4,24,25,27,29). The van der Waals surface area contributed by atoms with Gasteiger partial charge in [0.25, 0.3) is 0 Å². The van der Waals surface area contributed by atoms with Crippen LogP contribution >= 0.6 is 11.3 Å². The molecule has 0 radical (unpaired) electrons. The first-order chi connectivity index (χ1) is 15.1. The van der Waals surface area contributed by atoms with Crippen LogP contribution in [0.25, 0.3) is 42.6 Å². The zero-order chi connectivity index (χ0) is 21.4. The van der Waals surface area contributed by atoms with Crippen molar-refractivity contribution in [2.24, 2.45) is 0 Å². The number of nitrogens with two attached hydrogens (primary N) is 2. The summed E-state index contributed by atoms with van der Waals surface area (Å²) in [7, 11) is 0. The summed E-state index contributed by atoms with van der Waals surface area (Å²) in [5, 5.41) is 12.9. The molecule has 0 amide bonds. The van der Waals surface area contributed by atoms with Crippen LogP contribution in [0.3, 0.4) is 0 Å². The molecule has 31 heavy (non-hydrogen) atoms. The molecule has 2 aromatic carbocycles. The minimum Gasteiger partial charge on any atom is -0.383 e. The van der Waals surface area contributed by atoms with Gasteiger partial charge in [0, 0.05) is 45.4 Å². The highest BCUT2D eigenvalue weighted by atomic mass is 32.1. The van der Waals surface area contributed by atoms with Crippen LogP contribution in [0.2, 0.25) is 0 Å². The molecule has 0 unspecified atom stereocenters. The lowest BCUT2D eigenvalue weighted by atomic mass is 10.0. The Kier molecular flexibility index (Phi) is 4.85. The molecular weight excluding hydrogens is 406 g/mol. The quantitative estimate of drug-likeness (QED) is 0.236. The van der Waals surface area contributed by atoms with Gasteiger partial charge in [-0.25, -0.2) is 4.98 Å². The number of thiophene rings is 1. The molecule has 8 heteroatoms. The number of hydrogen-bond donors (Lipinski definition) is 4. The highest BCUT2D eigenvalue weighted by Gasteiger charge is 2.14. The molecule has 7 nitrogen and oxygen atoms in total. The van der Waals surface area contributed by atoms with E-state index < -0.39 is 0 Å². The van der Waals surface area contributed by atoms with Crippen LogP contribution in [-0.2, 0) is 6.54 Å². The maximum atomic E-state index is 6.13. The van der Waals surface area contributed by atoms with Gasteiger partial charge in [0.05, 0.1) is 11.7 Å². The first kappa shape index (κ1) is 19.2. The minimum absolute atomic E-state index is 0.161. The van der Waals surface area contributed by atoms with Crippen molar-refractivity contribution < 1.29 is 0 Å². The van der Waals surface area contributed by atoms with Crippen molar-refractivity contribution >= 4 is 44.1 Å². The predicted molar refractivity (Wildman–Crippen MR) is 129 cm³/mol. The molecule has 0 aliphatic carbocycles. The second-order valence-electron chi connectivity index (χ2n) is 7.29. The van der Waals surface area contributed by atoms with Crippen molar-refractivity contribution in [1.29, 1.82) is 0 Å². The van der Waals surface area contributed by atoms with Crippen molar-refractivity contribution in [3.8, 4) is 21.6 Å². The number of rotatable bonds is 6. The maximum absolute atomic E-state index is 6.13. The van der Waals surface area contributed by atoms with E-state index in [2.05, 4.69) is 62.4 Å².